The van der Waals surface area contributed by atoms with E-state index in [1.54, 1.807) is 0 Å². The van der Waals surface area contributed by atoms with Gasteiger partial charge < -0.3 is 5.73 Å². The van der Waals surface area contributed by atoms with Crippen molar-refractivity contribution in [3.8, 4) is 11.3 Å². The normalized spacial score (nSPS) is 12.5. The number of nitrogens with zero attached hydrogens (tertiary/aromatic N) is 2. The molecule has 5 heteroatoms. The van der Waals surface area contributed by atoms with Crippen LogP contribution in [0.25, 0.3) is 22.2 Å². The predicted molar refractivity (Wildman–Crippen MR) is 92.3 cm³/mol. The van der Waals surface area contributed by atoms with Crippen LogP contribution >= 0.6 is 23.2 Å². The molecular weight excluding hydrogens is 317 g/mol. The molecule has 1 heterocycles. The predicted octanol–water partition coefficient (Wildman–Crippen LogP) is 4.49. The summed E-state index contributed by atoms with van der Waals surface area (Å²) in [7, 11) is 0. The molecule has 2 N–H and O–H groups in total. The van der Waals surface area contributed by atoms with Crippen molar-refractivity contribution in [1.82, 2.24) is 9.97 Å². The zero-order valence-electron chi connectivity index (χ0n) is 12.1. The van der Waals surface area contributed by atoms with Crippen molar-refractivity contribution in [2.24, 2.45) is 5.73 Å². The van der Waals surface area contributed by atoms with E-state index >= 15 is 0 Å². The van der Waals surface area contributed by atoms with Crippen LogP contribution in [-0.2, 0) is 6.42 Å². The van der Waals surface area contributed by atoms with Gasteiger partial charge in [0.1, 0.15) is 5.82 Å². The molecule has 22 heavy (non-hydrogen) atoms. The van der Waals surface area contributed by atoms with Gasteiger partial charge in [0.2, 0.25) is 0 Å². The van der Waals surface area contributed by atoms with Crippen LogP contribution < -0.4 is 5.73 Å². The summed E-state index contributed by atoms with van der Waals surface area (Å²) in [4.78, 5) is 9.26. The van der Waals surface area contributed by atoms with Crippen LogP contribution in [0.15, 0.2) is 42.5 Å². The average Bonchev–Trinajstić information content (AvgIpc) is 2.47. The minimum Gasteiger partial charge on any atom is -0.328 e. The fourth-order valence-corrected chi connectivity index (χ4v) is 2.78. The molecule has 0 bridgehead atoms. The summed E-state index contributed by atoms with van der Waals surface area (Å²) < 4.78 is 0. The van der Waals surface area contributed by atoms with E-state index in [1.165, 1.54) is 0 Å². The van der Waals surface area contributed by atoms with Crippen LogP contribution in [0.2, 0.25) is 10.0 Å². The molecule has 0 spiro atoms. The molecule has 2 aromatic carbocycles. The van der Waals surface area contributed by atoms with Gasteiger partial charge in [0, 0.05) is 33.5 Å². The van der Waals surface area contributed by atoms with E-state index in [0.29, 0.717) is 22.3 Å². The van der Waals surface area contributed by atoms with E-state index < -0.39 is 0 Å². The van der Waals surface area contributed by atoms with Crippen molar-refractivity contribution in [2.75, 3.05) is 0 Å². The molecule has 112 valence electrons. The standard InChI is InChI=1S/C17H15Cl2N3/c1-10(20)8-16-21-15-7-6-11(18)9-13(15)17(22-16)12-4-2-3-5-14(12)19/h2-7,9-10H,8,20H2,1H3. The van der Waals surface area contributed by atoms with Crippen molar-refractivity contribution in [1.29, 1.82) is 0 Å². The molecule has 3 nitrogen and oxygen atoms in total. The Morgan fingerprint density at radius 2 is 1.86 bits per heavy atom. The second-order valence-corrected chi connectivity index (χ2v) is 6.15. The van der Waals surface area contributed by atoms with Crippen LogP contribution in [-0.4, -0.2) is 16.0 Å². The maximum absolute atomic E-state index is 6.34. The highest BCUT2D eigenvalue weighted by atomic mass is 35.5. The van der Waals surface area contributed by atoms with Crippen LogP contribution in [0.4, 0.5) is 0 Å². The number of benzene rings is 2. The molecule has 0 saturated heterocycles. The Kier molecular flexibility index (Phi) is 4.30. The smallest absolute Gasteiger partial charge is 0.131 e. The molecule has 0 aliphatic rings. The van der Waals surface area contributed by atoms with Gasteiger partial charge in [0.15, 0.2) is 0 Å². The van der Waals surface area contributed by atoms with Crippen molar-refractivity contribution in [3.63, 3.8) is 0 Å². The van der Waals surface area contributed by atoms with Gasteiger partial charge in [-0.1, -0.05) is 41.4 Å². The summed E-state index contributed by atoms with van der Waals surface area (Å²) in [5.74, 6) is 0.708. The summed E-state index contributed by atoms with van der Waals surface area (Å²) in [5, 5.41) is 2.17. The zero-order chi connectivity index (χ0) is 15.7. The Morgan fingerprint density at radius 3 is 2.59 bits per heavy atom. The van der Waals surface area contributed by atoms with Gasteiger partial charge in [-0.25, -0.2) is 9.97 Å². The third-order valence-electron chi connectivity index (χ3n) is 3.34. The highest BCUT2D eigenvalue weighted by Crippen LogP contribution is 2.32. The summed E-state index contributed by atoms with van der Waals surface area (Å²) in [6.07, 6.45) is 0.607. The Hall–Kier alpha value is -1.68. The number of hydrogen-bond donors (Lipinski definition) is 1. The van der Waals surface area contributed by atoms with Crippen molar-refractivity contribution in [3.05, 3.63) is 58.3 Å². The zero-order valence-corrected chi connectivity index (χ0v) is 13.6. The molecule has 0 aliphatic carbocycles. The van der Waals surface area contributed by atoms with Gasteiger partial charge >= 0.3 is 0 Å². The topological polar surface area (TPSA) is 51.8 Å². The quantitative estimate of drug-likeness (QED) is 0.769. The van der Waals surface area contributed by atoms with Crippen molar-refractivity contribution < 1.29 is 0 Å². The Bertz CT molecular complexity index is 831. The second-order valence-electron chi connectivity index (χ2n) is 5.31. The number of fused-ring (bicyclic) bond motifs is 1. The van der Waals surface area contributed by atoms with Crippen LogP contribution in [0, 0.1) is 0 Å². The lowest BCUT2D eigenvalue weighted by Gasteiger charge is -2.11. The van der Waals surface area contributed by atoms with E-state index in [1.807, 2.05) is 49.4 Å². The fraction of sp³-hybridized carbons (Fsp3) is 0.176. The van der Waals surface area contributed by atoms with E-state index in [0.717, 1.165) is 22.2 Å². The first-order valence-electron chi connectivity index (χ1n) is 7.01. The first-order chi connectivity index (χ1) is 10.5. The third-order valence-corrected chi connectivity index (χ3v) is 3.90. The summed E-state index contributed by atoms with van der Waals surface area (Å²) in [6, 6.07) is 13.2. The van der Waals surface area contributed by atoms with Crippen LogP contribution in [0.1, 0.15) is 12.7 Å². The minimum atomic E-state index is -0.0103. The van der Waals surface area contributed by atoms with Gasteiger partial charge in [-0.05, 0) is 31.2 Å². The first kappa shape index (κ1) is 15.2. The lowest BCUT2D eigenvalue weighted by atomic mass is 10.1. The molecule has 0 fully saturated rings. The second kappa shape index (κ2) is 6.21. The molecule has 1 aromatic heterocycles. The molecule has 0 aliphatic heterocycles. The highest BCUT2D eigenvalue weighted by molar-refractivity contribution is 6.34. The van der Waals surface area contributed by atoms with Crippen molar-refractivity contribution >= 4 is 34.1 Å². The number of rotatable bonds is 3. The van der Waals surface area contributed by atoms with Gasteiger partial charge in [-0.15, -0.1) is 0 Å². The van der Waals surface area contributed by atoms with Gasteiger partial charge in [0.05, 0.1) is 11.2 Å². The fourth-order valence-electron chi connectivity index (χ4n) is 2.39. The number of aromatic nitrogens is 2. The number of hydrogen-bond acceptors (Lipinski definition) is 3. The minimum absolute atomic E-state index is 0.0103. The van der Waals surface area contributed by atoms with E-state index in [-0.39, 0.29) is 6.04 Å². The summed E-state index contributed by atoms with van der Waals surface area (Å²) in [5.41, 5.74) is 8.37. The molecule has 3 rings (SSSR count). The highest BCUT2D eigenvalue weighted by Gasteiger charge is 2.13. The third kappa shape index (κ3) is 3.07. The average molecular weight is 332 g/mol. The van der Waals surface area contributed by atoms with Crippen LogP contribution in [0.3, 0.4) is 0 Å². The van der Waals surface area contributed by atoms with Gasteiger partial charge in [-0.3, -0.25) is 0 Å². The summed E-state index contributed by atoms with van der Waals surface area (Å²) >= 11 is 12.5. The van der Waals surface area contributed by atoms with Gasteiger partial charge in [0.25, 0.3) is 0 Å². The lowest BCUT2D eigenvalue weighted by Crippen LogP contribution is -2.19. The maximum atomic E-state index is 6.34. The molecule has 0 amide bonds. The van der Waals surface area contributed by atoms with Gasteiger partial charge in [-0.2, -0.15) is 0 Å². The molecule has 0 radical (unpaired) electrons. The molecular formula is C17H15Cl2N3. The lowest BCUT2D eigenvalue weighted by molar-refractivity contribution is 0.706. The van der Waals surface area contributed by atoms with Crippen LogP contribution in [0.5, 0.6) is 0 Å². The first-order valence-corrected chi connectivity index (χ1v) is 7.77. The van der Waals surface area contributed by atoms with Crippen molar-refractivity contribution in [2.45, 2.75) is 19.4 Å². The maximum Gasteiger partial charge on any atom is 0.131 e. The van der Waals surface area contributed by atoms with E-state index in [2.05, 4.69) is 9.97 Å². The van der Waals surface area contributed by atoms with E-state index in [9.17, 15) is 0 Å². The Labute approximate surface area is 139 Å². The molecule has 0 saturated carbocycles. The molecule has 1 unspecified atom stereocenters. The SMILES string of the molecule is CC(N)Cc1nc(-c2ccccc2Cl)c2cc(Cl)ccc2n1. The molecule has 1 atom stereocenters. The largest absolute Gasteiger partial charge is 0.328 e. The Balaban J connectivity index is 2.30. The Morgan fingerprint density at radius 1 is 1.09 bits per heavy atom. The number of nitrogens with two attached hydrogens (primary N) is 1. The number of halogens is 2. The van der Waals surface area contributed by atoms with E-state index in [4.69, 9.17) is 28.9 Å². The molecule has 3 aromatic rings. The summed E-state index contributed by atoms with van der Waals surface area (Å²) in [6.45, 7) is 1.94. The monoisotopic (exact) mass is 331 g/mol.